The van der Waals surface area contributed by atoms with E-state index in [1.165, 1.54) is 11.1 Å². The van der Waals surface area contributed by atoms with Crippen LogP contribution >= 0.6 is 15.9 Å². The average Bonchev–Trinajstić information content (AvgIpc) is 2.65. The maximum Gasteiger partial charge on any atom is 0.416 e. The minimum Gasteiger partial charge on any atom is -0.324 e. The van der Waals surface area contributed by atoms with E-state index in [0.717, 1.165) is 19.1 Å². The topological polar surface area (TPSA) is 79.0 Å². The summed E-state index contributed by atoms with van der Waals surface area (Å²) in [5.41, 5.74) is -0.0859. The maximum atomic E-state index is 12.9. The van der Waals surface area contributed by atoms with Crippen LogP contribution in [0.15, 0.2) is 46.9 Å². The zero-order valence-corrected chi connectivity index (χ0v) is 17.1. The van der Waals surface area contributed by atoms with Crippen LogP contribution in [0.1, 0.15) is 28.4 Å². The van der Waals surface area contributed by atoms with Crippen LogP contribution in [0.3, 0.4) is 0 Å². The minimum absolute atomic E-state index is 0.0758. The number of alkyl halides is 3. The fraction of sp³-hybridized carbons (Fsp3) is 0.211. The van der Waals surface area contributed by atoms with Crippen molar-refractivity contribution < 1.29 is 32.4 Å². The van der Waals surface area contributed by atoms with Gasteiger partial charge in [0.1, 0.15) is 6.54 Å². The maximum absolute atomic E-state index is 12.9. The second-order valence-corrected chi connectivity index (χ2v) is 7.24. The van der Waals surface area contributed by atoms with Crippen molar-refractivity contribution in [3.8, 4) is 0 Å². The number of hydroxylamine groups is 1. The quantitative estimate of drug-likeness (QED) is 0.713. The summed E-state index contributed by atoms with van der Waals surface area (Å²) in [6, 6.07) is 9.45. The minimum atomic E-state index is -4.57. The molecule has 0 atom stereocenters. The molecule has 1 heterocycles. The van der Waals surface area contributed by atoms with Crippen molar-refractivity contribution in [3.05, 3.63) is 63.6 Å². The molecule has 0 saturated carbocycles. The van der Waals surface area contributed by atoms with Gasteiger partial charge in [-0.1, -0.05) is 23.4 Å². The van der Waals surface area contributed by atoms with Gasteiger partial charge in [0.2, 0.25) is 5.91 Å². The van der Waals surface area contributed by atoms with Crippen LogP contribution in [0.4, 0.5) is 18.9 Å². The van der Waals surface area contributed by atoms with Gasteiger partial charge in [0, 0.05) is 23.5 Å². The zero-order chi connectivity index (χ0) is 22.1. The van der Waals surface area contributed by atoms with E-state index in [1.54, 1.807) is 24.3 Å². The lowest BCUT2D eigenvalue weighted by molar-refractivity contribution is -0.239. The van der Waals surface area contributed by atoms with E-state index in [0.29, 0.717) is 16.3 Å². The number of carbonyl (C=O) groups is 3. The summed E-state index contributed by atoms with van der Waals surface area (Å²) in [6.45, 7) is 0.730. The Morgan fingerprint density at radius 2 is 1.90 bits per heavy atom. The van der Waals surface area contributed by atoms with E-state index in [-0.39, 0.29) is 16.7 Å². The second kappa shape index (κ2) is 8.44. The number of halogens is 4. The third kappa shape index (κ3) is 4.79. The van der Waals surface area contributed by atoms with Crippen molar-refractivity contribution in [1.82, 2.24) is 10.2 Å². The van der Waals surface area contributed by atoms with Crippen LogP contribution in [0.25, 0.3) is 0 Å². The first-order valence-corrected chi connectivity index (χ1v) is 9.38. The van der Waals surface area contributed by atoms with Gasteiger partial charge in [0.15, 0.2) is 0 Å². The molecule has 0 aromatic heterocycles. The number of hydrogen-bond acceptors (Lipinski definition) is 5. The van der Waals surface area contributed by atoms with Crippen molar-refractivity contribution in [3.63, 3.8) is 0 Å². The molecule has 0 saturated heterocycles. The van der Waals surface area contributed by atoms with Crippen LogP contribution in [0.5, 0.6) is 0 Å². The van der Waals surface area contributed by atoms with E-state index < -0.39 is 36.1 Å². The van der Waals surface area contributed by atoms with Crippen LogP contribution in [0, 0.1) is 0 Å². The van der Waals surface area contributed by atoms with Gasteiger partial charge in [-0.25, -0.2) is 4.79 Å². The molecule has 1 aliphatic heterocycles. The number of amides is 2. The standard InChI is InChI=1S/C19H15BrF3N3O4/c1-11(27)30-26-18(29)14-5-3-2-4-12(14)9-25(26)10-17(28)24-16-8-13(19(21,22)23)6-7-15(16)20/h2-8H,9-10H2,1H3,(H,24,28). The number of hydrogen-bond donors (Lipinski definition) is 1. The molecular weight excluding hydrogens is 471 g/mol. The normalized spacial score (nSPS) is 14.3. The number of rotatable bonds is 4. The highest BCUT2D eigenvalue weighted by Gasteiger charge is 2.35. The lowest BCUT2D eigenvalue weighted by Crippen LogP contribution is -2.52. The lowest BCUT2D eigenvalue weighted by Gasteiger charge is -2.36. The lowest BCUT2D eigenvalue weighted by atomic mass is 10.1. The molecule has 158 valence electrons. The van der Waals surface area contributed by atoms with Gasteiger partial charge in [-0.05, 0) is 45.8 Å². The van der Waals surface area contributed by atoms with E-state index in [9.17, 15) is 27.6 Å². The van der Waals surface area contributed by atoms with Crippen LogP contribution in [0.2, 0.25) is 0 Å². The molecule has 2 aromatic rings. The Labute approximate surface area is 177 Å². The fourth-order valence-corrected chi connectivity index (χ4v) is 3.20. The average molecular weight is 486 g/mol. The predicted molar refractivity (Wildman–Crippen MR) is 103 cm³/mol. The summed E-state index contributed by atoms with van der Waals surface area (Å²) in [5, 5.41) is 4.25. The van der Waals surface area contributed by atoms with Crippen LogP contribution < -0.4 is 5.32 Å². The van der Waals surface area contributed by atoms with Gasteiger partial charge in [0.05, 0.1) is 11.3 Å². The molecule has 2 aromatic carbocycles. The van der Waals surface area contributed by atoms with Gasteiger partial charge in [0.25, 0.3) is 0 Å². The summed E-state index contributed by atoms with van der Waals surface area (Å²) in [6.07, 6.45) is -4.57. The molecule has 2 amide bonds. The van der Waals surface area contributed by atoms with Crippen molar-refractivity contribution in [2.24, 2.45) is 0 Å². The van der Waals surface area contributed by atoms with E-state index in [1.807, 2.05) is 0 Å². The van der Waals surface area contributed by atoms with Crippen molar-refractivity contribution >= 4 is 39.4 Å². The summed E-state index contributed by atoms with van der Waals surface area (Å²) in [4.78, 5) is 41.5. The van der Waals surface area contributed by atoms with E-state index in [4.69, 9.17) is 4.84 Å². The van der Waals surface area contributed by atoms with Crippen LogP contribution in [-0.2, 0) is 27.1 Å². The molecule has 0 aliphatic carbocycles. The van der Waals surface area contributed by atoms with Gasteiger partial charge in [-0.3, -0.25) is 9.59 Å². The SMILES string of the molecule is CC(=O)ON1C(=O)c2ccccc2CN1CC(=O)Nc1cc(C(F)(F)F)ccc1Br. The van der Waals surface area contributed by atoms with Gasteiger partial charge in [-0.2, -0.15) is 18.2 Å². The van der Waals surface area contributed by atoms with Gasteiger partial charge >= 0.3 is 18.1 Å². The Balaban J connectivity index is 1.81. The zero-order valence-electron chi connectivity index (χ0n) is 15.5. The summed E-state index contributed by atoms with van der Waals surface area (Å²) >= 11 is 3.10. The highest BCUT2D eigenvalue weighted by molar-refractivity contribution is 9.10. The molecule has 0 unspecified atom stereocenters. The largest absolute Gasteiger partial charge is 0.416 e. The first-order valence-electron chi connectivity index (χ1n) is 8.58. The molecule has 1 aliphatic rings. The number of benzene rings is 2. The molecule has 11 heteroatoms. The number of hydrazine groups is 1. The molecule has 1 N–H and O–H groups in total. The highest BCUT2D eigenvalue weighted by atomic mass is 79.9. The molecule has 0 fully saturated rings. The van der Waals surface area contributed by atoms with E-state index >= 15 is 0 Å². The third-order valence-electron chi connectivity index (χ3n) is 4.14. The summed E-state index contributed by atoms with van der Waals surface area (Å²) in [5.74, 6) is -2.12. The molecule has 0 spiro atoms. The van der Waals surface area contributed by atoms with Crippen molar-refractivity contribution in [2.45, 2.75) is 19.6 Å². The van der Waals surface area contributed by atoms with Crippen molar-refractivity contribution in [2.75, 3.05) is 11.9 Å². The van der Waals surface area contributed by atoms with Crippen molar-refractivity contribution in [1.29, 1.82) is 0 Å². The molecule has 3 rings (SSSR count). The third-order valence-corrected chi connectivity index (χ3v) is 4.83. The van der Waals surface area contributed by atoms with Gasteiger partial charge in [-0.15, -0.1) is 0 Å². The Hall–Kier alpha value is -2.92. The monoisotopic (exact) mass is 485 g/mol. The van der Waals surface area contributed by atoms with Crippen LogP contribution in [-0.4, -0.2) is 34.5 Å². The number of fused-ring (bicyclic) bond motifs is 1. The number of nitrogens with one attached hydrogen (secondary N) is 1. The Morgan fingerprint density at radius 1 is 1.20 bits per heavy atom. The molecule has 7 nitrogen and oxygen atoms in total. The molecule has 0 radical (unpaired) electrons. The van der Waals surface area contributed by atoms with Gasteiger partial charge < -0.3 is 10.2 Å². The number of nitrogens with zero attached hydrogens (tertiary/aromatic N) is 2. The first-order chi connectivity index (χ1) is 14.1. The Bertz CT molecular complexity index is 1010. The number of carbonyl (C=O) groups excluding carboxylic acids is 3. The smallest absolute Gasteiger partial charge is 0.324 e. The Kier molecular flexibility index (Phi) is 6.13. The molecular formula is C19H15BrF3N3O4. The Morgan fingerprint density at radius 3 is 2.57 bits per heavy atom. The fourth-order valence-electron chi connectivity index (χ4n) is 2.85. The second-order valence-electron chi connectivity index (χ2n) is 6.38. The first kappa shape index (κ1) is 21.8. The molecule has 30 heavy (non-hydrogen) atoms. The molecule has 0 bridgehead atoms. The number of anilines is 1. The van der Waals surface area contributed by atoms with E-state index in [2.05, 4.69) is 21.2 Å². The summed E-state index contributed by atoms with van der Waals surface area (Å²) in [7, 11) is 0. The highest BCUT2D eigenvalue weighted by Crippen LogP contribution is 2.34. The predicted octanol–water partition coefficient (Wildman–Crippen LogP) is 3.76. The summed E-state index contributed by atoms with van der Waals surface area (Å²) < 4.78 is 39.1.